The van der Waals surface area contributed by atoms with Gasteiger partial charge in [0.15, 0.2) is 5.65 Å². The van der Waals surface area contributed by atoms with Crippen LogP contribution in [0.5, 0.6) is 11.6 Å². The maximum Gasteiger partial charge on any atom is 0.224 e. The lowest BCUT2D eigenvalue weighted by Crippen LogP contribution is -2.01. The molecule has 0 atom stereocenters. The van der Waals surface area contributed by atoms with Gasteiger partial charge in [0.25, 0.3) is 0 Å². The van der Waals surface area contributed by atoms with Crippen LogP contribution in [0.25, 0.3) is 16.8 Å². The van der Waals surface area contributed by atoms with E-state index in [1.54, 1.807) is 28.9 Å². The molecule has 4 rings (SSSR count). The number of fused-ring (bicyclic) bond motifs is 1. The van der Waals surface area contributed by atoms with E-state index in [2.05, 4.69) is 36.1 Å². The molecule has 0 radical (unpaired) electrons. The molecule has 6 heteroatoms. The molecule has 2 aromatic carbocycles. The SMILES string of the molecule is Cc1ccc(-c2cnn3c(N)cc(Oc4cccc(F)c4)nc23)cc1C. The number of nitrogens with two attached hydrogens (primary N) is 1. The molecule has 0 spiro atoms. The number of rotatable bonds is 3. The van der Waals surface area contributed by atoms with Crippen molar-refractivity contribution in [2.45, 2.75) is 13.8 Å². The maximum atomic E-state index is 13.4. The molecular formula is C20H17FN4O. The Balaban J connectivity index is 1.81. The number of ether oxygens (including phenoxy) is 1. The fourth-order valence-electron chi connectivity index (χ4n) is 2.78. The third kappa shape index (κ3) is 2.86. The number of benzene rings is 2. The highest BCUT2D eigenvalue weighted by Crippen LogP contribution is 2.29. The summed E-state index contributed by atoms with van der Waals surface area (Å²) >= 11 is 0. The summed E-state index contributed by atoms with van der Waals surface area (Å²) in [6, 6.07) is 13.6. The molecule has 5 nitrogen and oxygen atoms in total. The lowest BCUT2D eigenvalue weighted by atomic mass is 10.0. The summed E-state index contributed by atoms with van der Waals surface area (Å²) in [5.41, 5.74) is 10.9. The van der Waals surface area contributed by atoms with Crippen molar-refractivity contribution in [2.24, 2.45) is 0 Å². The normalized spacial score (nSPS) is 11.0. The van der Waals surface area contributed by atoms with Gasteiger partial charge < -0.3 is 10.5 Å². The van der Waals surface area contributed by atoms with Gasteiger partial charge in [-0.25, -0.2) is 4.39 Å². The van der Waals surface area contributed by atoms with Crippen molar-refractivity contribution in [3.8, 4) is 22.8 Å². The molecule has 0 aliphatic rings. The fourth-order valence-corrected chi connectivity index (χ4v) is 2.78. The van der Waals surface area contributed by atoms with E-state index in [9.17, 15) is 4.39 Å². The van der Waals surface area contributed by atoms with E-state index < -0.39 is 0 Å². The monoisotopic (exact) mass is 348 g/mol. The predicted octanol–water partition coefficient (Wildman–Crippen LogP) is 4.53. The molecule has 130 valence electrons. The molecule has 26 heavy (non-hydrogen) atoms. The van der Waals surface area contributed by atoms with E-state index >= 15 is 0 Å². The molecule has 0 amide bonds. The predicted molar refractivity (Wildman–Crippen MR) is 98.8 cm³/mol. The Bertz CT molecular complexity index is 1120. The maximum absolute atomic E-state index is 13.4. The Morgan fingerprint density at radius 3 is 2.65 bits per heavy atom. The van der Waals surface area contributed by atoms with Gasteiger partial charge in [0.1, 0.15) is 17.4 Å². The van der Waals surface area contributed by atoms with Gasteiger partial charge in [0, 0.05) is 17.7 Å². The molecule has 4 aromatic rings. The summed E-state index contributed by atoms with van der Waals surface area (Å²) in [5, 5.41) is 4.32. The van der Waals surface area contributed by atoms with Crippen LogP contribution in [0.2, 0.25) is 0 Å². The molecule has 2 aromatic heterocycles. The van der Waals surface area contributed by atoms with Crippen molar-refractivity contribution in [3.05, 3.63) is 71.7 Å². The van der Waals surface area contributed by atoms with E-state index in [1.165, 1.54) is 23.3 Å². The second-order valence-electron chi connectivity index (χ2n) is 6.17. The van der Waals surface area contributed by atoms with Crippen LogP contribution in [0.15, 0.2) is 54.7 Å². The molecule has 2 N–H and O–H groups in total. The molecule has 0 saturated carbocycles. The Hall–Kier alpha value is -3.41. The summed E-state index contributed by atoms with van der Waals surface area (Å²) < 4.78 is 20.6. The van der Waals surface area contributed by atoms with E-state index in [0.29, 0.717) is 17.2 Å². The number of anilines is 1. The van der Waals surface area contributed by atoms with Gasteiger partial charge in [-0.05, 0) is 42.7 Å². The highest BCUT2D eigenvalue weighted by Gasteiger charge is 2.13. The number of aromatic nitrogens is 3. The summed E-state index contributed by atoms with van der Waals surface area (Å²) in [6.45, 7) is 4.13. The van der Waals surface area contributed by atoms with Crippen molar-refractivity contribution in [1.82, 2.24) is 14.6 Å². The molecule has 0 aliphatic heterocycles. The molecule has 0 fully saturated rings. The first-order valence-electron chi connectivity index (χ1n) is 8.16. The molecule has 0 unspecified atom stereocenters. The van der Waals surface area contributed by atoms with Crippen LogP contribution in [-0.2, 0) is 0 Å². The number of hydrogen-bond acceptors (Lipinski definition) is 4. The Kier molecular flexibility index (Phi) is 3.80. The first-order valence-corrected chi connectivity index (χ1v) is 8.16. The molecule has 0 saturated heterocycles. The molecule has 0 aliphatic carbocycles. The van der Waals surface area contributed by atoms with Crippen molar-refractivity contribution in [2.75, 3.05) is 5.73 Å². The zero-order valence-corrected chi connectivity index (χ0v) is 14.4. The average Bonchev–Trinajstić information content (AvgIpc) is 3.02. The minimum Gasteiger partial charge on any atom is -0.439 e. The molecular weight excluding hydrogens is 331 g/mol. The standard InChI is InChI=1S/C20H17FN4O/c1-12-6-7-14(8-13(12)2)17-11-23-25-18(22)10-19(24-20(17)25)26-16-5-3-4-15(21)9-16/h3-11H,22H2,1-2H3. The number of aryl methyl sites for hydroxylation is 2. The van der Waals surface area contributed by atoms with Gasteiger partial charge in [-0.3, -0.25) is 0 Å². The van der Waals surface area contributed by atoms with Gasteiger partial charge in [-0.15, -0.1) is 0 Å². The first-order chi connectivity index (χ1) is 12.5. The van der Waals surface area contributed by atoms with Crippen LogP contribution in [0, 0.1) is 19.7 Å². The van der Waals surface area contributed by atoms with Gasteiger partial charge in [0.05, 0.1) is 6.20 Å². The van der Waals surface area contributed by atoms with Crippen molar-refractivity contribution in [1.29, 1.82) is 0 Å². The van der Waals surface area contributed by atoms with Crippen molar-refractivity contribution in [3.63, 3.8) is 0 Å². The Morgan fingerprint density at radius 1 is 1.04 bits per heavy atom. The number of hydrogen-bond donors (Lipinski definition) is 1. The minimum absolute atomic E-state index is 0.284. The average molecular weight is 348 g/mol. The number of nitrogen functional groups attached to an aromatic ring is 1. The Morgan fingerprint density at radius 2 is 1.88 bits per heavy atom. The first kappa shape index (κ1) is 16.1. The lowest BCUT2D eigenvalue weighted by Gasteiger charge is -2.08. The van der Waals surface area contributed by atoms with Crippen LogP contribution >= 0.6 is 0 Å². The third-order valence-electron chi connectivity index (χ3n) is 4.31. The third-order valence-corrected chi connectivity index (χ3v) is 4.31. The zero-order valence-electron chi connectivity index (χ0n) is 14.4. The second-order valence-corrected chi connectivity index (χ2v) is 6.17. The number of nitrogens with zero attached hydrogens (tertiary/aromatic N) is 3. The van der Waals surface area contributed by atoms with Crippen LogP contribution in [0.1, 0.15) is 11.1 Å². The minimum atomic E-state index is -0.378. The van der Waals surface area contributed by atoms with E-state index in [-0.39, 0.29) is 11.7 Å². The van der Waals surface area contributed by atoms with E-state index in [0.717, 1.165) is 11.1 Å². The summed E-state index contributed by atoms with van der Waals surface area (Å²) in [4.78, 5) is 4.53. The van der Waals surface area contributed by atoms with E-state index in [1.807, 2.05) is 6.07 Å². The zero-order chi connectivity index (χ0) is 18.3. The smallest absolute Gasteiger partial charge is 0.224 e. The molecule has 2 heterocycles. The van der Waals surface area contributed by atoms with Gasteiger partial charge in [-0.1, -0.05) is 24.3 Å². The Labute approximate surface area is 149 Å². The number of halogens is 1. The highest BCUT2D eigenvalue weighted by molar-refractivity contribution is 5.78. The topological polar surface area (TPSA) is 65.4 Å². The van der Waals surface area contributed by atoms with Crippen LogP contribution in [-0.4, -0.2) is 14.6 Å². The van der Waals surface area contributed by atoms with E-state index in [4.69, 9.17) is 10.5 Å². The van der Waals surface area contributed by atoms with Gasteiger partial charge in [-0.2, -0.15) is 14.6 Å². The quantitative estimate of drug-likeness (QED) is 0.591. The fraction of sp³-hybridized carbons (Fsp3) is 0.100. The van der Waals surface area contributed by atoms with Crippen molar-refractivity contribution >= 4 is 11.5 Å². The molecule has 0 bridgehead atoms. The van der Waals surface area contributed by atoms with Gasteiger partial charge >= 0.3 is 0 Å². The largest absolute Gasteiger partial charge is 0.439 e. The van der Waals surface area contributed by atoms with Crippen LogP contribution in [0.4, 0.5) is 10.2 Å². The summed E-state index contributed by atoms with van der Waals surface area (Å²) in [6.07, 6.45) is 1.73. The second kappa shape index (κ2) is 6.15. The summed E-state index contributed by atoms with van der Waals surface area (Å²) in [5.74, 6) is 0.646. The highest BCUT2D eigenvalue weighted by atomic mass is 19.1. The van der Waals surface area contributed by atoms with Crippen molar-refractivity contribution < 1.29 is 9.13 Å². The van der Waals surface area contributed by atoms with Crippen LogP contribution < -0.4 is 10.5 Å². The lowest BCUT2D eigenvalue weighted by molar-refractivity contribution is 0.458. The van der Waals surface area contributed by atoms with Crippen LogP contribution in [0.3, 0.4) is 0 Å². The van der Waals surface area contributed by atoms with Gasteiger partial charge in [0.2, 0.25) is 5.88 Å². The summed E-state index contributed by atoms with van der Waals surface area (Å²) in [7, 11) is 0.